The van der Waals surface area contributed by atoms with Gasteiger partial charge in [0.2, 0.25) is 0 Å². The van der Waals surface area contributed by atoms with Crippen molar-refractivity contribution in [1.29, 1.82) is 0 Å². The van der Waals surface area contributed by atoms with E-state index >= 15 is 0 Å². The second-order valence-corrected chi connectivity index (χ2v) is 9.21. The molecule has 0 atom stereocenters. The van der Waals surface area contributed by atoms with Crippen molar-refractivity contribution in [1.82, 2.24) is 24.2 Å². The van der Waals surface area contributed by atoms with Gasteiger partial charge in [-0.05, 0) is 58.2 Å². The predicted molar refractivity (Wildman–Crippen MR) is 118 cm³/mol. The van der Waals surface area contributed by atoms with Gasteiger partial charge < -0.3 is 9.47 Å². The first-order chi connectivity index (χ1) is 13.9. The molecule has 3 aromatic rings. The first kappa shape index (κ1) is 19.9. The average molecular weight is 392 g/mol. The molecule has 4 rings (SSSR count). The van der Waals surface area contributed by atoms with Crippen molar-refractivity contribution in [3.63, 3.8) is 0 Å². The lowest BCUT2D eigenvalue weighted by Crippen LogP contribution is -2.44. The Bertz CT molecular complexity index is 929. The van der Waals surface area contributed by atoms with Crippen LogP contribution in [0.25, 0.3) is 11.3 Å². The van der Waals surface area contributed by atoms with Gasteiger partial charge in [-0.1, -0.05) is 37.3 Å². The predicted octanol–water partition coefficient (Wildman–Crippen LogP) is 4.57. The summed E-state index contributed by atoms with van der Waals surface area (Å²) in [6.45, 7) is 13.4. The number of rotatable bonds is 6. The molecule has 5 nitrogen and oxygen atoms in total. The average Bonchev–Trinajstić information content (AvgIpc) is 3.32. The summed E-state index contributed by atoms with van der Waals surface area (Å²) in [5, 5.41) is 4.68. The summed E-state index contributed by atoms with van der Waals surface area (Å²) in [4.78, 5) is 7.12. The number of benzene rings is 1. The second-order valence-electron chi connectivity index (χ2n) is 9.21. The third kappa shape index (κ3) is 4.30. The molecule has 0 amide bonds. The fraction of sp³-hybridized carbons (Fsp3) is 0.500. The van der Waals surface area contributed by atoms with Crippen LogP contribution in [-0.2, 0) is 12.1 Å². The Labute approximate surface area is 174 Å². The molecule has 1 saturated heterocycles. The maximum absolute atomic E-state index is 4.68. The van der Waals surface area contributed by atoms with Gasteiger partial charge in [0.25, 0.3) is 0 Å². The number of hydrogen-bond donors (Lipinski definition) is 0. The van der Waals surface area contributed by atoms with Crippen LogP contribution in [0.5, 0.6) is 0 Å². The number of likely N-dealkylation sites (tertiary alicyclic amines) is 1. The van der Waals surface area contributed by atoms with Crippen LogP contribution in [0, 0.1) is 12.8 Å². The quantitative estimate of drug-likeness (QED) is 0.618. The molecule has 2 aromatic heterocycles. The van der Waals surface area contributed by atoms with Crippen molar-refractivity contribution >= 4 is 0 Å². The molecule has 0 bridgehead atoms. The van der Waals surface area contributed by atoms with E-state index in [1.807, 2.05) is 18.7 Å². The highest BCUT2D eigenvalue weighted by atomic mass is 15.3. The molecule has 29 heavy (non-hydrogen) atoms. The maximum atomic E-state index is 4.68. The zero-order valence-electron chi connectivity index (χ0n) is 18.2. The minimum absolute atomic E-state index is 0.0274. The van der Waals surface area contributed by atoms with Gasteiger partial charge in [-0.15, -0.1) is 0 Å². The van der Waals surface area contributed by atoms with Crippen LogP contribution in [0.1, 0.15) is 44.9 Å². The highest BCUT2D eigenvalue weighted by Crippen LogP contribution is 2.30. The summed E-state index contributed by atoms with van der Waals surface area (Å²) in [5.74, 6) is 0.858. The number of piperidine rings is 1. The Hall–Kier alpha value is -2.40. The fourth-order valence-corrected chi connectivity index (χ4v) is 4.43. The molecule has 5 heteroatoms. The summed E-state index contributed by atoms with van der Waals surface area (Å²) in [5.41, 5.74) is 4.73. The number of hydrogen-bond acceptors (Lipinski definition) is 3. The van der Waals surface area contributed by atoms with E-state index in [1.54, 1.807) is 0 Å². The number of nitrogens with zero attached hydrogens (tertiary/aromatic N) is 5. The first-order valence-electron chi connectivity index (χ1n) is 10.8. The minimum Gasteiger partial charge on any atom is -0.324 e. The molecule has 1 aliphatic rings. The number of imidazole rings is 1. The van der Waals surface area contributed by atoms with Crippen LogP contribution >= 0.6 is 0 Å². The van der Waals surface area contributed by atoms with Gasteiger partial charge in [-0.25, -0.2) is 4.98 Å². The highest BCUT2D eigenvalue weighted by Gasteiger charge is 2.28. The van der Waals surface area contributed by atoms with Gasteiger partial charge in [0.05, 0.1) is 36.5 Å². The van der Waals surface area contributed by atoms with Crippen molar-refractivity contribution in [2.45, 2.75) is 52.6 Å². The number of aromatic nitrogens is 4. The second kappa shape index (κ2) is 8.15. The van der Waals surface area contributed by atoms with Crippen LogP contribution in [0.3, 0.4) is 0 Å². The van der Waals surface area contributed by atoms with Crippen LogP contribution in [0.4, 0.5) is 0 Å². The summed E-state index contributed by atoms with van der Waals surface area (Å²) < 4.78 is 4.42. The SMILES string of the molecule is Cc1c(-c2cncn2C(C)(C)CN2CCC(C)CC2)cnn1Cc1ccccc1. The molecule has 1 aromatic carbocycles. The van der Waals surface area contributed by atoms with E-state index < -0.39 is 0 Å². The standard InChI is InChI=1S/C24H33N5/c1-19-10-12-27(13-11-19)17-24(3,4)28-18-25-15-23(28)22-14-26-29(20(22)2)16-21-8-6-5-7-9-21/h5-9,14-15,18-19H,10-13,16-17H2,1-4H3. The van der Waals surface area contributed by atoms with Crippen LogP contribution in [0.15, 0.2) is 49.1 Å². The van der Waals surface area contributed by atoms with E-state index in [1.165, 1.54) is 42.8 Å². The minimum atomic E-state index is -0.0274. The molecule has 0 unspecified atom stereocenters. The molecule has 0 aliphatic carbocycles. The molecule has 0 N–H and O–H groups in total. The van der Waals surface area contributed by atoms with Gasteiger partial charge in [0.1, 0.15) is 0 Å². The van der Waals surface area contributed by atoms with Crippen molar-refractivity contribution in [2.24, 2.45) is 5.92 Å². The van der Waals surface area contributed by atoms with Gasteiger partial charge in [0, 0.05) is 17.8 Å². The van der Waals surface area contributed by atoms with Gasteiger partial charge in [-0.3, -0.25) is 4.68 Å². The van der Waals surface area contributed by atoms with E-state index in [0.717, 1.165) is 24.7 Å². The Balaban J connectivity index is 1.56. The molecule has 0 radical (unpaired) electrons. The molecule has 1 fully saturated rings. The monoisotopic (exact) mass is 391 g/mol. The van der Waals surface area contributed by atoms with Crippen LogP contribution in [-0.4, -0.2) is 43.9 Å². The molecular weight excluding hydrogens is 358 g/mol. The van der Waals surface area contributed by atoms with E-state index in [-0.39, 0.29) is 5.54 Å². The molecule has 0 saturated carbocycles. The van der Waals surface area contributed by atoms with Gasteiger partial charge in [0.15, 0.2) is 0 Å². The lowest BCUT2D eigenvalue weighted by Gasteiger charge is -2.38. The molecule has 3 heterocycles. The molecule has 1 aliphatic heterocycles. The summed E-state index contributed by atoms with van der Waals surface area (Å²) in [6.07, 6.45) is 8.56. The van der Waals surface area contributed by atoms with Crippen molar-refractivity contribution in [3.8, 4) is 11.3 Å². The smallest absolute Gasteiger partial charge is 0.0956 e. The zero-order valence-corrected chi connectivity index (χ0v) is 18.2. The Kier molecular flexibility index (Phi) is 5.59. The summed E-state index contributed by atoms with van der Waals surface area (Å²) >= 11 is 0. The topological polar surface area (TPSA) is 38.9 Å². The van der Waals surface area contributed by atoms with E-state index in [0.29, 0.717) is 0 Å². The van der Waals surface area contributed by atoms with Crippen molar-refractivity contribution in [2.75, 3.05) is 19.6 Å². The third-order valence-corrected chi connectivity index (χ3v) is 6.33. The third-order valence-electron chi connectivity index (χ3n) is 6.33. The van der Waals surface area contributed by atoms with Crippen molar-refractivity contribution < 1.29 is 0 Å². The zero-order chi connectivity index (χ0) is 20.4. The molecule has 0 spiro atoms. The van der Waals surface area contributed by atoms with E-state index in [9.17, 15) is 0 Å². The lowest BCUT2D eigenvalue weighted by atomic mass is 9.96. The Morgan fingerprint density at radius 2 is 1.79 bits per heavy atom. The van der Waals surface area contributed by atoms with Crippen LogP contribution in [0.2, 0.25) is 0 Å². The van der Waals surface area contributed by atoms with Crippen LogP contribution < -0.4 is 0 Å². The lowest BCUT2D eigenvalue weighted by molar-refractivity contribution is 0.136. The van der Waals surface area contributed by atoms with E-state index in [2.05, 4.69) is 82.3 Å². The maximum Gasteiger partial charge on any atom is 0.0956 e. The largest absolute Gasteiger partial charge is 0.324 e. The first-order valence-corrected chi connectivity index (χ1v) is 10.8. The van der Waals surface area contributed by atoms with Gasteiger partial charge >= 0.3 is 0 Å². The van der Waals surface area contributed by atoms with E-state index in [4.69, 9.17) is 0 Å². The Morgan fingerprint density at radius 3 is 2.52 bits per heavy atom. The normalized spacial score (nSPS) is 16.4. The van der Waals surface area contributed by atoms with Gasteiger partial charge in [-0.2, -0.15) is 5.10 Å². The molecule has 154 valence electrons. The molecular formula is C24H33N5. The highest BCUT2D eigenvalue weighted by molar-refractivity contribution is 5.61. The fourth-order valence-electron chi connectivity index (χ4n) is 4.43. The Morgan fingerprint density at radius 1 is 1.07 bits per heavy atom. The summed E-state index contributed by atoms with van der Waals surface area (Å²) in [7, 11) is 0. The van der Waals surface area contributed by atoms with Crippen molar-refractivity contribution in [3.05, 3.63) is 60.3 Å². The summed E-state index contributed by atoms with van der Waals surface area (Å²) in [6, 6.07) is 10.5.